The fraction of sp³-hybridized carbons (Fsp3) is 0.312. The molecule has 0 radical (unpaired) electrons. The van der Waals surface area contributed by atoms with Crippen LogP contribution >= 0.6 is 0 Å². The minimum atomic E-state index is -1.09. The van der Waals surface area contributed by atoms with Crippen LogP contribution < -0.4 is 10.1 Å². The number of carboxylic acid groups (broad SMARTS) is 1. The van der Waals surface area contributed by atoms with Gasteiger partial charge in [-0.25, -0.2) is 14.8 Å². The number of benzene rings is 1. The number of hydrogen-bond donors (Lipinski definition) is 2. The van der Waals surface area contributed by atoms with Gasteiger partial charge in [0.1, 0.15) is 11.6 Å². The van der Waals surface area contributed by atoms with E-state index in [-0.39, 0.29) is 11.7 Å². The number of rotatable bonds is 6. The topological polar surface area (TPSA) is 84.3 Å². The highest BCUT2D eigenvalue weighted by atomic mass is 16.5. The summed E-state index contributed by atoms with van der Waals surface area (Å²) in [5.41, 5.74) is 0.663. The average Bonchev–Trinajstić information content (AvgIpc) is 2.47. The smallest absolute Gasteiger partial charge is 0.354 e. The van der Waals surface area contributed by atoms with Crippen LogP contribution in [0.1, 0.15) is 31.3 Å². The van der Waals surface area contributed by atoms with Crippen molar-refractivity contribution in [3.8, 4) is 17.1 Å². The number of aromatic carboxylic acids is 1. The van der Waals surface area contributed by atoms with Crippen LogP contribution in [0.25, 0.3) is 11.4 Å². The first kappa shape index (κ1) is 15.8. The summed E-state index contributed by atoms with van der Waals surface area (Å²) in [7, 11) is 0. The molecule has 1 aromatic carbocycles. The molecule has 0 saturated carbocycles. The first-order chi connectivity index (χ1) is 10.5. The number of nitrogens with one attached hydrogen (secondary N) is 1. The van der Waals surface area contributed by atoms with Crippen LogP contribution in [0.4, 0.5) is 5.82 Å². The number of ether oxygens (including phenoxy) is 1. The third kappa shape index (κ3) is 3.94. The molecular formula is C16H19N3O3. The summed E-state index contributed by atoms with van der Waals surface area (Å²) < 4.78 is 5.45. The molecule has 22 heavy (non-hydrogen) atoms. The molecule has 0 amide bonds. The maximum absolute atomic E-state index is 11.2. The van der Waals surface area contributed by atoms with Crippen LogP contribution in [0, 0.1) is 0 Å². The second-order valence-electron chi connectivity index (χ2n) is 5.03. The van der Waals surface area contributed by atoms with E-state index >= 15 is 0 Å². The molecule has 0 aliphatic heterocycles. The highest BCUT2D eigenvalue weighted by Crippen LogP contribution is 2.23. The minimum Gasteiger partial charge on any atom is -0.494 e. The number of nitrogens with zero attached hydrogens (tertiary/aromatic N) is 2. The first-order valence-electron chi connectivity index (χ1n) is 7.11. The lowest BCUT2D eigenvalue weighted by molar-refractivity contribution is 0.0690. The van der Waals surface area contributed by atoms with Gasteiger partial charge in [0.05, 0.1) is 6.61 Å². The molecule has 0 aliphatic carbocycles. The monoisotopic (exact) mass is 301 g/mol. The Morgan fingerprint density at radius 1 is 1.32 bits per heavy atom. The predicted octanol–water partition coefficient (Wildman–Crippen LogP) is 3.06. The lowest BCUT2D eigenvalue weighted by atomic mass is 10.2. The van der Waals surface area contributed by atoms with Crippen molar-refractivity contribution in [1.82, 2.24) is 9.97 Å². The van der Waals surface area contributed by atoms with E-state index in [1.807, 2.05) is 39.0 Å². The van der Waals surface area contributed by atoms with Crippen LogP contribution in [-0.4, -0.2) is 33.7 Å². The van der Waals surface area contributed by atoms with Crippen molar-refractivity contribution >= 4 is 11.8 Å². The molecule has 6 nitrogen and oxygen atoms in total. The van der Waals surface area contributed by atoms with Crippen LogP contribution in [0.3, 0.4) is 0 Å². The van der Waals surface area contributed by atoms with Gasteiger partial charge in [-0.05, 0) is 32.9 Å². The molecule has 0 saturated heterocycles. The quantitative estimate of drug-likeness (QED) is 0.853. The SMILES string of the molecule is CCOc1cccc(-c2nc(NC(C)C)cc(C(=O)O)n2)c1. The summed E-state index contributed by atoms with van der Waals surface area (Å²) in [6.07, 6.45) is 0. The number of carboxylic acids is 1. The maximum atomic E-state index is 11.2. The Hall–Kier alpha value is -2.63. The van der Waals surface area contributed by atoms with E-state index in [1.165, 1.54) is 6.07 Å². The van der Waals surface area contributed by atoms with Gasteiger partial charge >= 0.3 is 5.97 Å². The fourth-order valence-electron chi connectivity index (χ4n) is 1.95. The van der Waals surface area contributed by atoms with Gasteiger partial charge < -0.3 is 15.2 Å². The van der Waals surface area contributed by atoms with Crippen LogP contribution in [0.2, 0.25) is 0 Å². The van der Waals surface area contributed by atoms with Crippen LogP contribution in [-0.2, 0) is 0 Å². The molecular weight excluding hydrogens is 282 g/mol. The van der Waals surface area contributed by atoms with Gasteiger partial charge in [0.15, 0.2) is 11.5 Å². The third-order valence-corrected chi connectivity index (χ3v) is 2.79. The molecule has 2 N–H and O–H groups in total. The van der Waals surface area contributed by atoms with E-state index < -0.39 is 5.97 Å². The Morgan fingerprint density at radius 2 is 2.09 bits per heavy atom. The summed E-state index contributed by atoms with van der Waals surface area (Å²) in [6, 6.07) is 8.84. The van der Waals surface area contributed by atoms with Gasteiger partial charge in [-0.3, -0.25) is 0 Å². The molecule has 1 heterocycles. The standard InChI is InChI=1S/C16H19N3O3/c1-4-22-12-7-5-6-11(8-12)15-18-13(16(20)21)9-14(19-15)17-10(2)3/h5-10H,4H2,1-3H3,(H,20,21)(H,17,18,19). The van der Waals surface area contributed by atoms with Gasteiger partial charge in [0.2, 0.25) is 0 Å². The zero-order valence-electron chi connectivity index (χ0n) is 12.8. The predicted molar refractivity (Wildman–Crippen MR) is 84.4 cm³/mol. The summed E-state index contributed by atoms with van der Waals surface area (Å²) in [4.78, 5) is 19.7. The molecule has 0 spiro atoms. The molecule has 116 valence electrons. The molecule has 6 heteroatoms. The van der Waals surface area contributed by atoms with Crippen molar-refractivity contribution in [3.63, 3.8) is 0 Å². The summed E-state index contributed by atoms with van der Waals surface area (Å²) in [5.74, 6) is 0.447. The van der Waals surface area contributed by atoms with Crippen LogP contribution in [0.15, 0.2) is 30.3 Å². The fourth-order valence-corrected chi connectivity index (χ4v) is 1.95. The van der Waals surface area contributed by atoms with Gasteiger partial charge in [-0.2, -0.15) is 0 Å². The maximum Gasteiger partial charge on any atom is 0.354 e. The van der Waals surface area contributed by atoms with E-state index in [2.05, 4.69) is 15.3 Å². The molecule has 1 aromatic heterocycles. The summed E-state index contributed by atoms with van der Waals surface area (Å²) in [5, 5.41) is 12.3. The van der Waals surface area contributed by atoms with Crippen molar-refractivity contribution < 1.29 is 14.6 Å². The molecule has 0 fully saturated rings. The van der Waals surface area contributed by atoms with Gasteiger partial charge in [-0.15, -0.1) is 0 Å². The second kappa shape index (κ2) is 6.89. The van der Waals surface area contributed by atoms with Crippen molar-refractivity contribution in [2.24, 2.45) is 0 Å². The Kier molecular flexibility index (Phi) is 4.93. The summed E-state index contributed by atoms with van der Waals surface area (Å²) in [6.45, 7) is 6.37. The zero-order chi connectivity index (χ0) is 16.1. The van der Waals surface area contributed by atoms with E-state index in [1.54, 1.807) is 6.07 Å². The molecule has 0 unspecified atom stereocenters. The minimum absolute atomic E-state index is 0.0463. The number of carbonyl (C=O) groups is 1. The molecule has 0 bridgehead atoms. The van der Waals surface area contributed by atoms with Crippen LogP contribution in [0.5, 0.6) is 5.75 Å². The lowest BCUT2D eigenvalue weighted by Gasteiger charge is -2.11. The Balaban J connectivity index is 2.46. The van der Waals surface area contributed by atoms with Crippen molar-refractivity contribution in [2.75, 3.05) is 11.9 Å². The van der Waals surface area contributed by atoms with E-state index in [0.717, 1.165) is 0 Å². The second-order valence-corrected chi connectivity index (χ2v) is 5.03. The van der Waals surface area contributed by atoms with E-state index in [0.29, 0.717) is 29.6 Å². The molecule has 2 aromatic rings. The largest absolute Gasteiger partial charge is 0.494 e. The first-order valence-corrected chi connectivity index (χ1v) is 7.11. The van der Waals surface area contributed by atoms with Gasteiger partial charge in [0, 0.05) is 17.7 Å². The molecule has 0 atom stereocenters. The number of anilines is 1. The van der Waals surface area contributed by atoms with E-state index in [4.69, 9.17) is 4.74 Å². The van der Waals surface area contributed by atoms with Gasteiger partial charge in [-0.1, -0.05) is 12.1 Å². The van der Waals surface area contributed by atoms with Gasteiger partial charge in [0.25, 0.3) is 0 Å². The molecule has 2 rings (SSSR count). The summed E-state index contributed by atoms with van der Waals surface area (Å²) >= 11 is 0. The van der Waals surface area contributed by atoms with Crippen molar-refractivity contribution in [1.29, 1.82) is 0 Å². The Labute approximate surface area is 129 Å². The Bertz CT molecular complexity index is 671. The zero-order valence-corrected chi connectivity index (χ0v) is 12.8. The molecule has 0 aliphatic rings. The number of aromatic nitrogens is 2. The highest BCUT2D eigenvalue weighted by molar-refractivity contribution is 5.87. The average molecular weight is 301 g/mol. The van der Waals surface area contributed by atoms with E-state index in [9.17, 15) is 9.90 Å². The highest BCUT2D eigenvalue weighted by Gasteiger charge is 2.13. The normalized spacial score (nSPS) is 10.5. The number of hydrogen-bond acceptors (Lipinski definition) is 5. The van der Waals surface area contributed by atoms with Crippen molar-refractivity contribution in [3.05, 3.63) is 36.0 Å². The van der Waals surface area contributed by atoms with Crippen molar-refractivity contribution in [2.45, 2.75) is 26.8 Å². The third-order valence-electron chi connectivity index (χ3n) is 2.79. The lowest BCUT2D eigenvalue weighted by Crippen LogP contribution is -2.13. The Morgan fingerprint density at radius 3 is 2.73 bits per heavy atom.